The van der Waals surface area contributed by atoms with Crippen molar-refractivity contribution in [2.75, 3.05) is 0 Å². The summed E-state index contributed by atoms with van der Waals surface area (Å²) in [6.07, 6.45) is 2.97. The number of carbonyl (C=O) groups is 1. The SMILES string of the molecule is CC(=O)OC1CCCCC1O.[2H][B]I.[Zn]. The summed E-state index contributed by atoms with van der Waals surface area (Å²) in [7, 11) is 0. The van der Waals surface area contributed by atoms with Gasteiger partial charge in [0.1, 0.15) is 6.10 Å². The van der Waals surface area contributed by atoms with Crippen LogP contribution in [0.1, 0.15) is 32.6 Å². The van der Waals surface area contributed by atoms with E-state index < -0.39 is 6.10 Å². The quantitative estimate of drug-likeness (QED) is 0.431. The van der Waals surface area contributed by atoms with Crippen molar-refractivity contribution in [3.63, 3.8) is 0 Å². The molecule has 0 spiro atoms. The first kappa shape index (κ1) is 14.8. The summed E-state index contributed by atoms with van der Waals surface area (Å²) in [5, 5.41) is 9.34. The van der Waals surface area contributed by atoms with Crippen LogP contribution in [0.15, 0.2) is 0 Å². The Morgan fingerprint density at radius 1 is 1.64 bits per heavy atom. The van der Waals surface area contributed by atoms with E-state index in [4.69, 9.17) is 6.07 Å². The molecule has 0 amide bonds. The van der Waals surface area contributed by atoms with Gasteiger partial charge in [0.05, 0.1) is 6.10 Å². The Kier molecular flexibility index (Phi) is 11.0. The van der Waals surface area contributed by atoms with E-state index in [2.05, 4.69) is 0 Å². The van der Waals surface area contributed by atoms with Crippen molar-refractivity contribution in [2.24, 2.45) is 0 Å². The first-order valence-corrected chi connectivity index (χ1v) is 5.52. The molecule has 0 saturated heterocycles. The van der Waals surface area contributed by atoms with Gasteiger partial charge in [-0.15, -0.1) is 0 Å². The van der Waals surface area contributed by atoms with E-state index in [0.717, 1.165) is 25.7 Å². The maximum absolute atomic E-state index is 10.5. The third-order valence-electron chi connectivity index (χ3n) is 1.99. The van der Waals surface area contributed by atoms with Crippen LogP contribution >= 0.6 is 22.4 Å². The largest absolute Gasteiger partial charge is 0.460 e. The second-order valence-corrected chi connectivity index (χ2v) is 3.00. The molecule has 1 rings (SSSR count). The zero-order chi connectivity index (χ0) is 11.0. The maximum atomic E-state index is 10.5. The summed E-state index contributed by atoms with van der Waals surface area (Å²) < 4.78 is 11.0. The molecule has 1 aliphatic carbocycles. The molecule has 1 saturated carbocycles. The minimum atomic E-state index is -0.437. The van der Waals surface area contributed by atoms with Crippen LogP contribution in [0.25, 0.3) is 0 Å². The van der Waals surface area contributed by atoms with Crippen molar-refractivity contribution in [2.45, 2.75) is 44.8 Å². The average molecular weight is 363 g/mol. The zero-order valence-corrected chi connectivity index (χ0v) is 13.5. The van der Waals surface area contributed by atoms with Crippen LogP contribution in [0.2, 0.25) is 0 Å². The van der Waals surface area contributed by atoms with Gasteiger partial charge in [0.15, 0.2) is 5.67 Å². The predicted molar refractivity (Wildman–Crippen MR) is 61.2 cm³/mol. The molecule has 0 aromatic heterocycles. The average Bonchev–Trinajstić information content (AvgIpc) is 2.09. The maximum Gasteiger partial charge on any atom is 0.302 e. The number of hydrogen-bond donors (Lipinski definition) is 1. The number of aliphatic hydroxyl groups excluding tert-OH is 1. The summed E-state index contributed by atoms with van der Waals surface area (Å²) in [5.41, 5.74) is 1.22. The number of ether oxygens (including phenoxy) is 1. The second kappa shape index (κ2) is 10.4. The molecule has 0 aromatic rings. The van der Waals surface area contributed by atoms with Gasteiger partial charge in [-0.1, -0.05) is 6.42 Å². The molecule has 1 radical (unpaired) electrons. The van der Waals surface area contributed by atoms with Crippen molar-refractivity contribution in [1.82, 2.24) is 0 Å². The molecule has 1 aliphatic rings. The number of aliphatic hydroxyl groups is 1. The van der Waals surface area contributed by atoms with Gasteiger partial charge in [0, 0.05) is 26.4 Å². The van der Waals surface area contributed by atoms with E-state index in [1.807, 2.05) is 22.4 Å². The van der Waals surface area contributed by atoms with Crippen molar-refractivity contribution < 1.29 is 34.1 Å². The number of rotatable bonds is 1. The van der Waals surface area contributed by atoms with Crippen LogP contribution < -0.4 is 0 Å². The monoisotopic (exact) mass is 362 g/mol. The van der Waals surface area contributed by atoms with Gasteiger partial charge in [0.2, 0.25) is 0 Å². The van der Waals surface area contributed by atoms with Crippen LogP contribution in [0.4, 0.5) is 0 Å². The molecule has 6 heteroatoms. The van der Waals surface area contributed by atoms with E-state index >= 15 is 0 Å². The van der Waals surface area contributed by atoms with Gasteiger partial charge in [-0.2, -0.15) is 22.4 Å². The van der Waals surface area contributed by atoms with E-state index in [1.54, 1.807) is 0 Å². The molecule has 2 unspecified atom stereocenters. The van der Waals surface area contributed by atoms with Gasteiger partial charge < -0.3 is 9.84 Å². The molecular weight excluding hydrogens is 347 g/mol. The Bertz CT molecular complexity index is 176. The summed E-state index contributed by atoms with van der Waals surface area (Å²) >= 11 is 1.83. The van der Waals surface area contributed by atoms with E-state index in [0.29, 0.717) is 0 Å². The number of hydrogen-bond acceptors (Lipinski definition) is 3. The van der Waals surface area contributed by atoms with Gasteiger partial charge in [-0.05, 0) is 20.6 Å². The van der Waals surface area contributed by atoms with Crippen LogP contribution in [0.3, 0.4) is 0 Å². The smallest absolute Gasteiger partial charge is 0.302 e. The Labute approximate surface area is 114 Å². The summed E-state index contributed by atoms with van der Waals surface area (Å²) in [6, 6.07) is 0. The number of carbonyl (C=O) groups excluding carboxylic acids is 1. The first-order valence-electron chi connectivity index (χ1n) is 4.85. The Hall–Kier alpha value is 0.848. The number of halogens is 1. The molecule has 1 fully saturated rings. The van der Waals surface area contributed by atoms with Crippen molar-refractivity contribution in [3.05, 3.63) is 0 Å². The topological polar surface area (TPSA) is 46.5 Å². The van der Waals surface area contributed by atoms with Crippen molar-refractivity contribution in [3.8, 4) is 0 Å². The number of esters is 1. The molecule has 0 heterocycles. The van der Waals surface area contributed by atoms with Crippen molar-refractivity contribution in [1.29, 1.82) is 1.34 Å². The Morgan fingerprint density at radius 3 is 2.57 bits per heavy atom. The normalized spacial score (nSPS) is 25.8. The first-order chi connectivity index (χ1) is 6.61. The predicted octanol–water partition coefficient (Wildman–Crippen LogP) is 1.09. The standard InChI is InChI=1S/C8H14O3.BHI.Zn/c1-6(9)11-8-5-3-2-4-7(8)10;1-2;/h7-8,10H,2-5H2,1H3;1H;/i;1D;. The van der Waals surface area contributed by atoms with Crippen LogP contribution in [-0.4, -0.2) is 30.3 Å². The van der Waals surface area contributed by atoms with Crippen LogP contribution in [-0.2, 0) is 29.0 Å². The molecule has 3 nitrogen and oxygen atoms in total. The minimum Gasteiger partial charge on any atom is -0.460 e. The molecular formula is C8H15BIO3Zn. The fourth-order valence-corrected chi connectivity index (χ4v) is 1.43. The molecule has 0 bridgehead atoms. The van der Waals surface area contributed by atoms with Crippen molar-refractivity contribution >= 4 is 34.0 Å². The van der Waals surface area contributed by atoms with Gasteiger partial charge in [-0.25, -0.2) is 0 Å². The second-order valence-electron chi connectivity index (χ2n) is 3.00. The minimum absolute atomic E-state index is 0. The van der Waals surface area contributed by atoms with Gasteiger partial charge >= 0.3 is 5.97 Å². The summed E-state index contributed by atoms with van der Waals surface area (Å²) in [5.74, 6) is -0.295. The molecule has 14 heavy (non-hydrogen) atoms. The van der Waals surface area contributed by atoms with E-state index in [-0.39, 0.29) is 31.6 Å². The fraction of sp³-hybridized carbons (Fsp3) is 0.875. The molecule has 77 valence electrons. The molecule has 0 aromatic carbocycles. The van der Waals surface area contributed by atoms with Gasteiger partial charge in [-0.3, -0.25) is 4.79 Å². The van der Waals surface area contributed by atoms with Crippen LogP contribution in [0, 0.1) is 0 Å². The Balaban J connectivity index is 0. The molecule has 0 aliphatic heterocycles. The van der Waals surface area contributed by atoms with E-state index in [1.165, 1.54) is 12.6 Å². The fourth-order valence-electron chi connectivity index (χ4n) is 1.43. The van der Waals surface area contributed by atoms with E-state index in [9.17, 15) is 9.90 Å². The third kappa shape index (κ3) is 7.18. The van der Waals surface area contributed by atoms with Gasteiger partial charge in [0.25, 0.3) is 0 Å². The third-order valence-corrected chi connectivity index (χ3v) is 1.99. The summed E-state index contributed by atoms with van der Waals surface area (Å²) in [4.78, 5) is 10.5. The molecule has 1 N–H and O–H groups in total. The molecule has 2 atom stereocenters. The summed E-state index contributed by atoms with van der Waals surface area (Å²) in [6.45, 7) is 1.38. The Morgan fingerprint density at radius 2 is 2.14 bits per heavy atom. The van der Waals surface area contributed by atoms with Crippen LogP contribution in [0.5, 0.6) is 0 Å². The zero-order valence-electron chi connectivity index (χ0n) is 9.41.